The average molecular weight is 200 g/mol. The van der Waals surface area contributed by atoms with Crippen LogP contribution >= 0.6 is 0 Å². The lowest BCUT2D eigenvalue weighted by Gasteiger charge is -2.38. The van der Waals surface area contributed by atoms with Gasteiger partial charge in [0.2, 0.25) is 0 Å². The van der Waals surface area contributed by atoms with Gasteiger partial charge in [0.25, 0.3) is 0 Å². The second kappa shape index (κ2) is 4.45. The Labute approximate surface area is 88.0 Å². The first-order valence-electron chi connectivity index (χ1n) is 5.11. The van der Waals surface area contributed by atoms with Crippen molar-refractivity contribution < 1.29 is 9.84 Å². The Balaban J connectivity index is 4.45. The molecule has 0 aliphatic carbocycles. The molecule has 0 bridgehead atoms. The summed E-state index contributed by atoms with van der Waals surface area (Å²) in [4.78, 5) is 0. The molecule has 0 aliphatic heterocycles. The van der Waals surface area contributed by atoms with Gasteiger partial charge in [-0.2, -0.15) is 0 Å². The molecule has 0 spiro atoms. The van der Waals surface area contributed by atoms with E-state index in [1.54, 1.807) is 13.8 Å². The fourth-order valence-electron chi connectivity index (χ4n) is 1.11. The minimum atomic E-state index is -0.837. The summed E-state index contributed by atoms with van der Waals surface area (Å²) in [6.45, 7) is 13.4. The Kier molecular flexibility index (Phi) is 4.34. The van der Waals surface area contributed by atoms with Crippen molar-refractivity contribution in [2.45, 2.75) is 65.8 Å². The highest BCUT2D eigenvalue weighted by atomic mass is 16.5. The van der Waals surface area contributed by atoms with Crippen LogP contribution in [-0.4, -0.2) is 22.4 Å². The molecule has 2 nitrogen and oxygen atoms in total. The number of hydrogen-bond acceptors (Lipinski definition) is 2. The van der Waals surface area contributed by atoms with Crippen LogP contribution in [0.5, 0.6) is 0 Å². The van der Waals surface area contributed by atoms with E-state index in [1.807, 2.05) is 40.7 Å². The van der Waals surface area contributed by atoms with Crippen LogP contribution in [0.4, 0.5) is 0 Å². The Morgan fingerprint density at radius 2 is 1.64 bits per heavy atom. The summed E-state index contributed by atoms with van der Waals surface area (Å²) in [5, 5.41) is 9.88. The molecule has 1 atom stereocenters. The lowest BCUT2D eigenvalue weighted by atomic mass is 9.89. The van der Waals surface area contributed by atoms with Crippen LogP contribution in [0.25, 0.3) is 0 Å². The van der Waals surface area contributed by atoms with E-state index in [1.165, 1.54) is 5.57 Å². The van der Waals surface area contributed by atoms with Gasteiger partial charge >= 0.3 is 0 Å². The summed E-state index contributed by atoms with van der Waals surface area (Å²) in [7, 11) is 0. The largest absolute Gasteiger partial charge is 0.387 e. The Morgan fingerprint density at radius 1 is 1.21 bits per heavy atom. The van der Waals surface area contributed by atoms with Crippen molar-refractivity contribution in [1.82, 2.24) is 0 Å². The molecule has 0 rings (SSSR count). The van der Waals surface area contributed by atoms with Crippen LogP contribution in [0, 0.1) is 0 Å². The fourth-order valence-corrected chi connectivity index (χ4v) is 1.11. The summed E-state index contributed by atoms with van der Waals surface area (Å²) in [6.07, 6.45) is 2.08. The summed E-state index contributed by atoms with van der Waals surface area (Å²) < 4.78 is 5.79. The third kappa shape index (κ3) is 4.25. The van der Waals surface area contributed by atoms with Crippen LogP contribution in [-0.2, 0) is 4.74 Å². The monoisotopic (exact) mass is 200 g/mol. The predicted molar refractivity (Wildman–Crippen MR) is 60.4 cm³/mol. The molecule has 0 amide bonds. The van der Waals surface area contributed by atoms with Gasteiger partial charge < -0.3 is 9.84 Å². The van der Waals surface area contributed by atoms with Gasteiger partial charge in [-0.15, -0.1) is 0 Å². The predicted octanol–water partition coefficient (Wildman–Crippen LogP) is 2.91. The molecule has 0 saturated carbocycles. The number of allylic oxidation sites excluding steroid dienone is 1. The van der Waals surface area contributed by atoms with E-state index in [-0.39, 0.29) is 6.10 Å². The summed E-state index contributed by atoms with van der Waals surface area (Å²) >= 11 is 0. The molecule has 1 N–H and O–H groups in total. The molecule has 0 radical (unpaired) electrons. The Bertz CT molecular complexity index is 205. The third-order valence-electron chi connectivity index (χ3n) is 2.52. The number of ether oxygens (including phenoxy) is 1. The standard InChI is InChI=1S/C12H24O2/c1-9(2)8-10(3)14-12(6,7)11(4,5)13/h8,10,13H,1-7H3. The minimum absolute atomic E-state index is 0.0291. The molecular formula is C12H24O2. The molecule has 0 fully saturated rings. The first kappa shape index (κ1) is 13.7. The van der Waals surface area contributed by atoms with Crippen molar-refractivity contribution in [3.63, 3.8) is 0 Å². The van der Waals surface area contributed by atoms with Crippen molar-refractivity contribution >= 4 is 0 Å². The smallest absolute Gasteiger partial charge is 0.0914 e. The zero-order valence-corrected chi connectivity index (χ0v) is 10.5. The second-order valence-corrected chi connectivity index (χ2v) is 5.14. The van der Waals surface area contributed by atoms with Gasteiger partial charge in [0, 0.05) is 0 Å². The van der Waals surface area contributed by atoms with E-state index >= 15 is 0 Å². The maximum absolute atomic E-state index is 9.88. The number of aliphatic hydroxyl groups is 1. The second-order valence-electron chi connectivity index (χ2n) is 5.14. The van der Waals surface area contributed by atoms with Crippen LogP contribution in [0.2, 0.25) is 0 Å². The molecular weight excluding hydrogens is 176 g/mol. The molecule has 0 aromatic rings. The summed E-state index contributed by atoms with van der Waals surface area (Å²) in [5.74, 6) is 0. The van der Waals surface area contributed by atoms with Gasteiger partial charge in [-0.05, 0) is 48.5 Å². The zero-order chi connectivity index (χ0) is 11.6. The first-order chi connectivity index (χ1) is 6.06. The lowest BCUT2D eigenvalue weighted by molar-refractivity contribution is -0.160. The van der Waals surface area contributed by atoms with Gasteiger partial charge in [0.15, 0.2) is 0 Å². The lowest BCUT2D eigenvalue weighted by Crippen LogP contribution is -2.48. The molecule has 0 aromatic carbocycles. The van der Waals surface area contributed by atoms with Crippen LogP contribution in [0.3, 0.4) is 0 Å². The number of rotatable bonds is 4. The third-order valence-corrected chi connectivity index (χ3v) is 2.52. The molecule has 0 aromatic heterocycles. The van der Waals surface area contributed by atoms with E-state index in [4.69, 9.17) is 4.74 Å². The van der Waals surface area contributed by atoms with Crippen molar-refractivity contribution in [3.8, 4) is 0 Å². The molecule has 0 aliphatic rings. The average Bonchev–Trinajstić information content (AvgIpc) is 1.79. The highest BCUT2D eigenvalue weighted by Crippen LogP contribution is 2.26. The summed E-state index contributed by atoms with van der Waals surface area (Å²) in [6, 6.07) is 0. The molecule has 2 heteroatoms. The SMILES string of the molecule is CC(C)=CC(C)OC(C)(C)C(C)(C)O. The quantitative estimate of drug-likeness (QED) is 0.707. The van der Waals surface area contributed by atoms with Crippen LogP contribution in [0.15, 0.2) is 11.6 Å². The number of hydrogen-bond donors (Lipinski definition) is 1. The van der Waals surface area contributed by atoms with Gasteiger partial charge in [0.05, 0.1) is 17.3 Å². The van der Waals surface area contributed by atoms with Gasteiger partial charge in [-0.25, -0.2) is 0 Å². The van der Waals surface area contributed by atoms with E-state index < -0.39 is 11.2 Å². The van der Waals surface area contributed by atoms with Crippen molar-refractivity contribution in [1.29, 1.82) is 0 Å². The van der Waals surface area contributed by atoms with Gasteiger partial charge in [0.1, 0.15) is 0 Å². The zero-order valence-electron chi connectivity index (χ0n) is 10.5. The minimum Gasteiger partial charge on any atom is -0.387 e. The van der Waals surface area contributed by atoms with Crippen molar-refractivity contribution in [2.75, 3.05) is 0 Å². The van der Waals surface area contributed by atoms with E-state index in [2.05, 4.69) is 0 Å². The highest BCUT2D eigenvalue weighted by molar-refractivity contribution is 4.99. The maximum atomic E-state index is 9.88. The van der Waals surface area contributed by atoms with Crippen molar-refractivity contribution in [3.05, 3.63) is 11.6 Å². The Morgan fingerprint density at radius 3 is 1.93 bits per heavy atom. The van der Waals surface area contributed by atoms with Crippen LogP contribution < -0.4 is 0 Å². The summed E-state index contributed by atoms with van der Waals surface area (Å²) in [5.41, 5.74) is -0.154. The molecule has 0 saturated heterocycles. The first-order valence-corrected chi connectivity index (χ1v) is 5.11. The molecule has 84 valence electrons. The van der Waals surface area contributed by atoms with E-state index in [0.29, 0.717) is 0 Å². The molecule has 0 heterocycles. The van der Waals surface area contributed by atoms with Gasteiger partial charge in [-0.3, -0.25) is 0 Å². The van der Waals surface area contributed by atoms with E-state index in [9.17, 15) is 5.11 Å². The fraction of sp³-hybridized carbons (Fsp3) is 0.833. The Hall–Kier alpha value is -0.340. The highest BCUT2D eigenvalue weighted by Gasteiger charge is 2.36. The maximum Gasteiger partial charge on any atom is 0.0914 e. The molecule has 1 unspecified atom stereocenters. The van der Waals surface area contributed by atoms with E-state index in [0.717, 1.165) is 0 Å². The van der Waals surface area contributed by atoms with Gasteiger partial charge in [-0.1, -0.05) is 11.6 Å². The normalized spacial score (nSPS) is 15.1. The topological polar surface area (TPSA) is 29.5 Å². The van der Waals surface area contributed by atoms with Crippen molar-refractivity contribution in [2.24, 2.45) is 0 Å². The van der Waals surface area contributed by atoms with Crippen LogP contribution in [0.1, 0.15) is 48.5 Å². The molecule has 14 heavy (non-hydrogen) atoms.